The molecule has 0 radical (unpaired) electrons. The third kappa shape index (κ3) is 2.93. The predicted molar refractivity (Wildman–Crippen MR) is 90.0 cm³/mol. The van der Waals surface area contributed by atoms with E-state index >= 15 is 0 Å². The van der Waals surface area contributed by atoms with Crippen molar-refractivity contribution in [2.45, 2.75) is 32.2 Å². The first-order chi connectivity index (χ1) is 9.78. The van der Waals surface area contributed by atoms with Gasteiger partial charge in [-0.05, 0) is 49.7 Å². The van der Waals surface area contributed by atoms with Gasteiger partial charge >= 0.3 is 5.69 Å². The summed E-state index contributed by atoms with van der Waals surface area (Å²) >= 11 is 2.23. The van der Waals surface area contributed by atoms with Crippen molar-refractivity contribution in [1.82, 2.24) is 13.1 Å². The average molecular weight is 385 g/mol. The van der Waals surface area contributed by atoms with Crippen LogP contribution in [0.15, 0.2) is 29.1 Å². The highest BCUT2D eigenvalue weighted by atomic mass is 127. The number of nitrogens with one attached hydrogen (secondary N) is 2. The molecule has 1 aliphatic rings. The maximum Gasteiger partial charge on any atom is 0.326 e. The van der Waals surface area contributed by atoms with Crippen LogP contribution in [-0.2, 0) is 6.54 Å². The molecule has 4 nitrogen and oxygen atoms in total. The molecule has 1 fully saturated rings. The number of rotatable bonds is 4. The zero-order valence-electron chi connectivity index (χ0n) is 11.4. The molecule has 20 heavy (non-hydrogen) atoms. The molecule has 1 aliphatic carbocycles. The number of para-hydroxylation sites is 2. The number of aromatic amines is 1. The monoisotopic (exact) mass is 385 g/mol. The van der Waals surface area contributed by atoms with Gasteiger partial charge in [0.1, 0.15) is 0 Å². The van der Waals surface area contributed by atoms with Crippen LogP contribution in [0.3, 0.4) is 0 Å². The molecule has 0 atom stereocenters. The van der Waals surface area contributed by atoms with Gasteiger partial charge in [0.15, 0.2) is 0 Å². The highest BCUT2D eigenvalue weighted by molar-refractivity contribution is 14.1. The molecule has 1 saturated carbocycles. The van der Waals surface area contributed by atoms with Crippen LogP contribution in [0.1, 0.15) is 25.7 Å². The van der Waals surface area contributed by atoms with Crippen LogP contribution in [0, 0.1) is 11.8 Å². The molecule has 1 aromatic carbocycles. The van der Waals surface area contributed by atoms with Gasteiger partial charge in [-0.1, -0.05) is 12.1 Å². The highest BCUT2D eigenvalue weighted by Gasteiger charge is 2.22. The molecule has 0 spiro atoms. The van der Waals surface area contributed by atoms with Crippen molar-refractivity contribution >= 4 is 33.9 Å². The quantitative estimate of drug-likeness (QED) is 0.628. The van der Waals surface area contributed by atoms with Gasteiger partial charge in [-0.3, -0.25) is 8.10 Å². The highest BCUT2D eigenvalue weighted by Crippen LogP contribution is 2.29. The van der Waals surface area contributed by atoms with Crippen LogP contribution in [0.25, 0.3) is 11.0 Å². The number of nitrogens with zero attached hydrogens (tertiary/aromatic N) is 1. The van der Waals surface area contributed by atoms with Gasteiger partial charge in [-0.2, -0.15) is 0 Å². The Bertz CT molecular complexity index is 625. The van der Waals surface area contributed by atoms with Crippen LogP contribution < -0.4 is 9.22 Å². The first-order valence-corrected chi connectivity index (χ1v) is 8.37. The molecule has 1 heterocycles. The topological polar surface area (TPSA) is 49.8 Å². The zero-order valence-corrected chi connectivity index (χ0v) is 13.6. The standard InChI is InChI=1S/C15H20IN3O/c16-17-9-11-5-7-12(8-6-11)10-19-14-4-2-1-3-13(14)18-15(19)20/h1-4,11-12,17H,5-10H2,(H,18,20)/t11-,12-. The van der Waals surface area contributed by atoms with E-state index in [0.29, 0.717) is 5.92 Å². The molecule has 5 heteroatoms. The summed E-state index contributed by atoms with van der Waals surface area (Å²) in [6, 6.07) is 7.95. The van der Waals surface area contributed by atoms with Crippen molar-refractivity contribution < 1.29 is 0 Å². The summed E-state index contributed by atoms with van der Waals surface area (Å²) in [6.07, 6.45) is 5.01. The molecule has 2 N–H and O–H groups in total. The normalized spacial score (nSPS) is 23.2. The number of H-pyrrole nitrogens is 1. The van der Waals surface area contributed by atoms with Crippen LogP contribution in [0.5, 0.6) is 0 Å². The lowest BCUT2D eigenvalue weighted by Crippen LogP contribution is -2.27. The Labute approximate surface area is 132 Å². The molecule has 3 rings (SSSR count). The van der Waals surface area contributed by atoms with Crippen molar-refractivity contribution in [3.8, 4) is 0 Å². The SMILES string of the molecule is O=c1[nH]c2ccccc2n1C[C@H]1CC[C@H](CNI)CC1. The number of benzene rings is 1. The van der Waals surface area contributed by atoms with Gasteiger partial charge in [0, 0.05) is 36.0 Å². The van der Waals surface area contributed by atoms with Gasteiger partial charge in [0.05, 0.1) is 11.0 Å². The van der Waals surface area contributed by atoms with E-state index in [0.717, 1.165) is 30.0 Å². The second-order valence-corrected chi connectivity index (χ2v) is 6.55. The van der Waals surface area contributed by atoms with E-state index in [-0.39, 0.29) is 5.69 Å². The third-order valence-corrected chi connectivity index (χ3v) is 4.89. The summed E-state index contributed by atoms with van der Waals surface area (Å²) in [6.45, 7) is 1.97. The third-order valence-electron chi connectivity index (χ3n) is 4.45. The molecule has 0 unspecified atom stereocenters. The van der Waals surface area contributed by atoms with Gasteiger partial charge in [0.25, 0.3) is 0 Å². The smallest absolute Gasteiger partial charge is 0.306 e. The minimum absolute atomic E-state index is 0.0299. The summed E-state index contributed by atoms with van der Waals surface area (Å²) in [5, 5.41) is 0. The van der Waals surface area contributed by atoms with E-state index < -0.39 is 0 Å². The van der Waals surface area contributed by atoms with E-state index in [1.807, 2.05) is 28.8 Å². The molecular formula is C15H20IN3O. The Morgan fingerprint density at radius 3 is 2.65 bits per heavy atom. The van der Waals surface area contributed by atoms with E-state index in [1.54, 1.807) is 0 Å². The predicted octanol–water partition coefficient (Wildman–Crippen LogP) is 3.08. The number of hydrogen-bond acceptors (Lipinski definition) is 2. The molecule has 0 saturated heterocycles. The van der Waals surface area contributed by atoms with Gasteiger partial charge in [-0.25, -0.2) is 4.79 Å². The number of fused-ring (bicyclic) bond motifs is 1. The Kier molecular flexibility index (Phi) is 4.45. The van der Waals surface area contributed by atoms with Crippen molar-refractivity contribution in [1.29, 1.82) is 0 Å². The Balaban J connectivity index is 1.71. The summed E-state index contributed by atoms with van der Waals surface area (Å²) in [5.74, 6) is 1.44. The zero-order chi connectivity index (χ0) is 13.9. The van der Waals surface area contributed by atoms with Crippen LogP contribution >= 0.6 is 22.9 Å². The maximum atomic E-state index is 12.1. The lowest BCUT2D eigenvalue weighted by Gasteiger charge is -2.28. The first kappa shape index (κ1) is 14.1. The number of imidazole rings is 1. The van der Waals surface area contributed by atoms with Crippen LogP contribution in [-0.4, -0.2) is 16.1 Å². The van der Waals surface area contributed by atoms with E-state index in [2.05, 4.69) is 31.4 Å². The Hall–Kier alpha value is -0.820. The Morgan fingerprint density at radius 2 is 1.90 bits per heavy atom. The average Bonchev–Trinajstić information content (AvgIpc) is 2.78. The second-order valence-electron chi connectivity index (χ2n) is 5.78. The molecule has 108 valence electrons. The molecule has 0 bridgehead atoms. The van der Waals surface area contributed by atoms with Gasteiger partial charge in [-0.15, -0.1) is 0 Å². The van der Waals surface area contributed by atoms with Crippen LogP contribution in [0.4, 0.5) is 0 Å². The minimum atomic E-state index is 0.0299. The largest absolute Gasteiger partial charge is 0.326 e. The summed E-state index contributed by atoms with van der Waals surface area (Å²) in [5.41, 5.74) is 2.01. The van der Waals surface area contributed by atoms with E-state index in [9.17, 15) is 4.79 Å². The van der Waals surface area contributed by atoms with E-state index in [1.165, 1.54) is 25.7 Å². The second kappa shape index (κ2) is 6.30. The van der Waals surface area contributed by atoms with Crippen molar-refractivity contribution in [3.63, 3.8) is 0 Å². The fourth-order valence-corrected chi connectivity index (χ4v) is 3.90. The fourth-order valence-electron chi connectivity index (χ4n) is 3.27. The molecule has 2 aromatic rings. The lowest BCUT2D eigenvalue weighted by molar-refractivity contribution is 0.255. The molecular weight excluding hydrogens is 365 g/mol. The minimum Gasteiger partial charge on any atom is -0.306 e. The van der Waals surface area contributed by atoms with Crippen molar-refractivity contribution in [2.24, 2.45) is 11.8 Å². The molecule has 0 amide bonds. The lowest BCUT2D eigenvalue weighted by atomic mass is 9.82. The van der Waals surface area contributed by atoms with Crippen LogP contribution in [0.2, 0.25) is 0 Å². The summed E-state index contributed by atoms with van der Waals surface area (Å²) < 4.78 is 5.15. The van der Waals surface area contributed by atoms with E-state index in [4.69, 9.17) is 0 Å². The fraction of sp³-hybridized carbons (Fsp3) is 0.533. The number of halogens is 1. The molecule has 1 aromatic heterocycles. The first-order valence-electron chi connectivity index (χ1n) is 7.29. The van der Waals surface area contributed by atoms with Crippen molar-refractivity contribution in [2.75, 3.05) is 6.54 Å². The summed E-state index contributed by atoms with van der Waals surface area (Å²) in [4.78, 5) is 15.0. The summed E-state index contributed by atoms with van der Waals surface area (Å²) in [7, 11) is 0. The molecule has 0 aliphatic heterocycles. The number of hydrogen-bond donors (Lipinski definition) is 2. The Morgan fingerprint density at radius 1 is 1.20 bits per heavy atom. The van der Waals surface area contributed by atoms with Gasteiger partial charge in [0.2, 0.25) is 0 Å². The maximum absolute atomic E-state index is 12.1. The number of aromatic nitrogens is 2. The van der Waals surface area contributed by atoms with Crippen molar-refractivity contribution in [3.05, 3.63) is 34.7 Å². The van der Waals surface area contributed by atoms with Gasteiger partial charge < -0.3 is 4.98 Å².